The van der Waals surface area contributed by atoms with Crippen molar-refractivity contribution in [1.82, 2.24) is 10.6 Å². The van der Waals surface area contributed by atoms with Crippen LogP contribution in [-0.4, -0.2) is 42.7 Å². The lowest BCUT2D eigenvalue weighted by molar-refractivity contribution is -0.274. The highest BCUT2D eigenvalue weighted by Gasteiger charge is 2.69. The van der Waals surface area contributed by atoms with Crippen molar-refractivity contribution in [2.24, 2.45) is 0 Å². The van der Waals surface area contributed by atoms with E-state index in [0.717, 1.165) is 18.2 Å². The van der Waals surface area contributed by atoms with Gasteiger partial charge in [0.25, 0.3) is 17.5 Å². The molecule has 8 nitrogen and oxygen atoms in total. The van der Waals surface area contributed by atoms with Crippen molar-refractivity contribution in [3.05, 3.63) is 54.1 Å². The smallest absolute Gasteiger partial charge is 0.493 e. The molecule has 1 saturated heterocycles. The van der Waals surface area contributed by atoms with E-state index in [1.54, 1.807) is 6.92 Å². The second kappa shape index (κ2) is 8.76. The molecule has 0 aromatic heterocycles. The minimum absolute atomic E-state index is 0.0413. The van der Waals surface area contributed by atoms with Gasteiger partial charge < -0.3 is 14.8 Å². The quantitative estimate of drug-likeness (QED) is 0.474. The van der Waals surface area contributed by atoms with Gasteiger partial charge in [-0.3, -0.25) is 14.9 Å². The Morgan fingerprint density at radius 2 is 1.65 bits per heavy atom. The number of nitrogens with one attached hydrogen (secondary N) is 2. The zero-order valence-corrected chi connectivity index (χ0v) is 17.1. The molecule has 2 N–H and O–H groups in total. The maximum atomic E-state index is 14.1. The van der Waals surface area contributed by atoms with Gasteiger partial charge in [-0.2, -0.15) is 13.2 Å². The van der Waals surface area contributed by atoms with E-state index in [4.69, 9.17) is 4.74 Å². The highest BCUT2D eigenvalue weighted by molar-refractivity contribution is 6.24. The summed E-state index contributed by atoms with van der Waals surface area (Å²) in [5.74, 6) is -4.08. The summed E-state index contributed by atoms with van der Waals surface area (Å²) in [6.07, 6.45) is -10.5. The molecule has 1 heterocycles. The van der Waals surface area contributed by atoms with Crippen LogP contribution in [0.1, 0.15) is 17.3 Å². The Kier molecular flexibility index (Phi) is 6.35. The van der Waals surface area contributed by atoms with Crippen molar-refractivity contribution in [1.29, 1.82) is 0 Å². The number of alkyl halides is 6. The molecule has 1 fully saturated rings. The first-order valence-corrected chi connectivity index (χ1v) is 9.42. The van der Waals surface area contributed by atoms with Gasteiger partial charge in [-0.25, -0.2) is 9.69 Å². The van der Waals surface area contributed by atoms with E-state index in [0.29, 0.717) is 12.1 Å². The predicted octanol–water partition coefficient (Wildman–Crippen LogP) is 3.73. The van der Waals surface area contributed by atoms with Gasteiger partial charge in [-0.1, -0.05) is 12.1 Å². The van der Waals surface area contributed by atoms with E-state index in [1.807, 2.05) is 0 Å². The Bertz CT molecular complexity index is 1100. The van der Waals surface area contributed by atoms with Gasteiger partial charge in [0.05, 0.1) is 17.9 Å². The highest BCUT2D eigenvalue weighted by atomic mass is 19.4. The summed E-state index contributed by atoms with van der Waals surface area (Å²) >= 11 is 0. The van der Waals surface area contributed by atoms with Gasteiger partial charge in [0.2, 0.25) is 0 Å². The third-order valence-electron chi connectivity index (χ3n) is 4.51. The number of anilines is 1. The molecule has 2 aromatic carbocycles. The number of amides is 4. The summed E-state index contributed by atoms with van der Waals surface area (Å²) in [6.45, 7) is 1.67. The van der Waals surface area contributed by atoms with Crippen LogP contribution in [0, 0.1) is 0 Å². The average molecular weight is 491 g/mol. The zero-order valence-electron chi connectivity index (χ0n) is 17.1. The number of urea groups is 1. The molecule has 34 heavy (non-hydrogen) atoms. The molecule has 0 saturated carbocycles. The lowest BCUT2D eigenvalue weighted by atomic mass is 10.1. The van der Waals surface area contributed by atoms with Crippen LogP contribution in [0.4, 0.5) is 36.8 Å². The van der Waals surface area contributed by atoms with Crippen molar-refractivity contribution in [2.45, 2.75) is 25.1 Å². The van der Waals surface area contributed by atoms with E-state index >= 15 is 0 Å². The molecule has 1 aliphatic heterocycles. The van der Waals surface area contributed by atoms with Crippen molar-refractivity contribution >= 4 is 23.5 Å². The highest BCUT2D eigenvalue weighted by Crippen LogP contribution is 2.37. The predicted molar refractivity (Wildman–Crippen MR) is 103 cm³/mol. The summed E-state index contributed by atoms with van der Waals surface area (Å²) in [6, 6.07) is 6.69. The maximum Gasteiger partial charge on any atom is 0.573 e. The van der Waals surface area contributed by atoms with Gasteiger partial charge >= 0.3 is 18.6 Å². The Labute approximate surface area is 187 Å². The van der Waals surface area contributed by atoms with Gasteiger partial charge in [-0.15, -0.1) is 13.2 Å². The van der Waals surface area contributed by atoms with Crippen LogP contribution >= 0.6 is 0 Å². The molecule has 3 rings (SSSR count). The Balaban J connectivity index is 1.95. The van der Waals surface area contributed by atoms with Crippen LogP contribution in [0.3, 0.4) is 0 Å². The van der Waals surface area contributed by atoms with Crippen LogP contribution < -0.4 is 25.0 Å². The van der Waals surface area contributed by atoms with E-state index in [2.05, 4.69) is 4.74 Å². The lowest BCUT2D eigenvalue weighted by Crippen LogP contribution is -2.69. The first-order chi connectivity index (χ1) is 15.8. The molecule has 0 aliphatic carbocycles. The summed E-state index contributed by atoms with van der Waals surface area (Å²) < 4.78 is 87.9. The first-order valence-electron chi connectivity index (χ1n) is 9.42. The maximum absolute atomic E-state index is 14.1. The third-order valence-corrected chi connectivity index (χ3v) is 4.51. The molecular formula is C20H15F6N3O5. The molecule has 4 amide bonds. The molecule has 2 aromatic rings. The number of benzene rings is 2. The molecule has 0 spiro atoms. The second-order valence-electron chi connectivity index (χ2n) is 6.74. The number of hydrogen-bond acceptors (Lipinski definition) is 5. The average Bonchev–Trinajstić information content (AvgIpc) is 2.98. The number of imide groups is 1. The van der Waals surface area contributed by atoms with E-state index < -0.39 is 47.5 Å². The second-order valence-corrected chi connectivity index (χ2v) is 6.74. The summed E-state index contributed by atoms with van der Waals surface area (Å²) in [5, 5.41) is 2.97. The fraction of sp³-hybridized carbons (Fsp3) is 0.250. The molecule has 1 aliphatic rings. The molecule has 0 unspecified atom stereocenters. The number of carbonyl (C=O) groups is 3. The van der Waals surface area contributed by atoms with Crippen molar-refractivity contribution in [3.8, 4) is 11.5 Å². The van der Waals surface area contributed by atoms with Gasteiger partial charge in [0.15, 0.2) is 0 Å². The Morgan fingerprint density at radius 3 is 2.21 bits per heavy atom. The number of para-hydroxylation sites is 1. The molecule has 1 atom stereocenters. The molecule has 182 valence electrons. The van der Waals surface area contributed by atoms with Crippen LogP contribution in [0.5, 0.6) is 11.5 Å². The van der Waals surface area contributed by atoms with Crippen LogP contribution in [-0.2, 0) is 4.79 Å². The molecule has 0 radical (unpaired) electrons. The van der Waals surface area contributed by atoms with E-state index in [9.17, 15) is 40.7 Å². The van der Waals surface area contributed by atoms with Crippen LogP contribution in [0.15, 0.2) is 48.5 Å². The standard InChI is InChI=1S/C20H15F6N3O5/c1-2-33-14-6-4-3-5-13(14)15(30)27-18(19(21,22)23)16(31)29(17(32)28-18)11-7-9-12(10-8-11)34-20(24,25)26/h3-10H,2H2,1H3,(H,27,30)(H,28,32)/t18-/m1/s1. The van der Waals surface area contributed by atoms with E-state index in [-0.39, 0.29) is 22.8 Å². The molecule has 14 heteroatoms. The number of nitrogens with zero attached hydrogens (tertiary/aromatic N) is 1. The summed E-state index contributed by atoms with van der Waals surface area (Å²) in [4.78, 5) is 37.9. The van der Waals surface area contributed by atoms with E-state index in [1.165, 1.54) is 28.8 Å². The number of ether oxygens (including phenoxy) is 2. The van der Waals surface area contributed by atoms with Gasteiger partial charge in [0, 0.05) is 0 Å². The van der Waals surface area contributed by atoms with Crippen LogP contribution in [0.2, 0.25) is 0 Å². The molecular weight excluding hydrogens is 476 g/mol. The summed E-state index contributed by atoms with van der Waals surface area (Å²) in [5.41, 5.74) is -4.67. The fourth-order valence-corrected chi connectivity index (χ4v) is 3.08. The van der Waals surface area contributed by atoms with Crippen LogP contribution in [0.25, 0.3) is 0 Å². The van der Waals surface area contributed by atoms with Crippen molar-refractivity contribution in [2.75, 3.05) is 11.5 Å². The fourth-order valence-electron chi connectivity index (χ4n) is 3.08. The number of rotatable bonds is 6. The molecule has 0 bridgehead atoms. The first kappa shape index (κ1) is 24.7. The Hall–Kier alpha value is -3.97. The number of carbonyl (C=O) groups excluding carboxylic acids is 3. The normalized spacial score (nSPS) is 18.5. The minimum atomic E-state index is -5.50. The third kappa shape index (κ3) is 4.70. The van der Waals surface area contributed by atoms with Gasteiger partial charge in [-0.05, 0) is 43.3 Å². The largest absolute Gasteiger partial charge is 0.573 e. The van der Waals surface area contributed by atoms with Gasteiger partial charge in [0.1, 0.15) is 11.5 Å². The SMILES string of the molecule is CCOc1ccccc1C(=O)N[C@@]1(C(F)(F)F)NC(=O)N(c2ccc(OC(F)(F)F)cc2)C1=O. The minimum Gasteiger partial charge on any atom is -0.493 e. The number of halogens is 6. The lowest BCUT2D eigenvalue weighted by Gasteiger charge is -2.30. The number of hydrogen-bond donors (Lipinski definition) is 2. The van der Waals surface area contributed by atoms with Crippen molar-refractivity contribution < 1.29 is 50.2 Å². The summed E-state index contributed by atoms with van der Waals surface area (Å²) in [7, 11) is 0. The monoisotopic (exact) mass is 491 g/mol. The topological polar surface area (TPSA) is 97.0 Å². The van der Waals surface area contributed by atoms with Crippen molar-refractivity contribution in [3.63, 3.8) is 0 Å². The Morgan fingerprint density at radius 1 is 1.03 bits per heavy atom. The zero-order chi connectivity index (χ0) is 25.3.